The van der Waals surface area contributed by atoms with Crippen LogP contribution >= 0.6 is 23.2 Å². The normalized spacial score (nSPS) is 26.9. The molecule has 0 N–H and O–H groups in total. The monoisotopic (exact) mass is 288 g/mol. The van der Waals surface area contributed by atoms with E-state index in [1.807, 2.05) is 0 Å². The number of rotatable bonds is 2. The molecule has 0 spiro atoms. The zero-order valence-electron chi connectivity index (χ0n) is 10.9. The summed E-state index contributed by atoms with van der Waals surface area (Å²) in [6, 6.07) is 0. The lowest BCUT2D eigenvalue weighted by atomic mass is 9.71. The zero-order chi connectivity index (χ0) is 13.3. The van der Waals surface area contributed by atoms with Gasteiger partial charge < -0.3 is 4.74 Å². The summed E-state index contributed by atoms with van der Waals surface area (Å²) < 4.78 is 5.91. The van der Waals surface area contributed by atoms with Gasteiger partial charge in [0.2, 0.25) is 11.2 Å². The van der Waals surface area contributed by atoms with Gasteiger partial charge in [-0.3, -0.25) is 0 Å². The molecule has 1 aliphatic rings. The molecule has 3 nitrogen and oxygen atoms in total. The van der Waals surface area contributed by atoms with Crippen LogP contribution in [-0.2, 0) is 0 Å². The maximum atomic E-state index is 6.01. The van der Waals surface area contributed by atoms with Crippen molar-refractivity contribution in [2.75, 3.05) is 0 Å². The number of halogens is 2. The molecule has 1 saturated carbocycles. The van der Waals surface area contributed by atoms with E-state index in [1.54, 1.807) is 0 Å². The molecule has 1 aromatic heterocycles. The molecule has 0 amide bonds. The molecule has 0 bridgehead atoms. The van der Waals surface area contributed by atoms with E-state index in [4.69, 9.17) is 27.9 Å². The van der Waals surface area contributed by atoms with Gasteiger partial charge in [-0.1, -0.05) is 32.4 Å². The van der Waals surface area contributed by atoms with Crippen LogP contribution in [0.2, 0.25) is 10.3 Å². The van der Waals surface area contributed by atoms with Crippen molar-refractivity contribution in [3.8, 4) is 5.88 Å². The zero-order valence-corrected chi connectivity index (χ0v) is 12.4. The molecule has 100 valence electrons. The molecular formula is C13H18Cl2N2O. The third-order valence-corrected chi connectivity index (χ3v) is 3.75. The molecule has 1 aromatic rings. The minimum absolute atomic E-state index is 0.146. The third kappa shape index (κ3) is 3.48. The van der Waals surface area contributed by atoms with E-state index >= 15 is 0 Å². The largest absolute Gasteiger partial charge is 0.473 e. The molecule has 2 unspecified atom stereocenters. The smallest absolute Gasteiger partial charge is 0.237 e. The SMILES string of the molecule is CC1CC(Oc2nc(Cl)ncc2Cl)CC(C)(C)C1. The van der Waals surface area contributed by atoms with Crippen LogP contribution in [0.1, 0.15) is 40.0 Å². The fourth-order valence-electron chi connectivity index (χ4n) is 2.92. The van der Waals surface area contributed by atoms with E-state index in [0.717, 1.165) is 12.8 Å². The lowest BCUT2D eigenvalue weighted by Crippen LogP contribution is -2.34. The first-order valence-electron chi connectivity index (χ1n) is 6.20. The second-order valence-electron chi connectivity index (χ2n) is 5.95. The van der Waals surface area contributed by atoms with Crippen LogP contribution in [0.5, 0.6) is 5.88 Å². The van der Waals surface area contributed by atoms with Crippen molar-refractivity contribution in [2.24, 2.45) is 11.3 Å². The average molecular weight is 289 g/mol. The molecule has 5 heteroatoms. The number of nitrogens with zero attached hydrogens (tertiary/aromatic N) is 2. The Morgan fingerprint density at radius 1 is 1.33 bits per heavy atom. The van der Waals surface area contributed by atoms with Crippen LogP contribution in [0.25, 0.3) is 0 Å². The third-order valence-electron chi connectivity index (χ3n) is 3.31. The summed E-state index contributed by atoms with van der Waals surface area (Å²) in [7, 11) is 0. The van der Waals surface area contributed by atoms with Crippen molar-refractivity contribution >= 4 is 23.2 Å². The summed E-state index contributed by atoms with van der Waals surface area (Å²) >= 11 is 11.8. The summed E-state index contributed by atoms with van der Waals surface area (Å²) in [5, 5.41) is 0.577. The highest BCUT2D eigenvalue weighted by molar-refractivity contribution is 6.32. The second-order valence-corrected chi connectivity index (χ2v) is 6.69. The Kier molecular flexibility index (Phi) is 4.02. The highest BCUT2D eigenvalue weighted by atomic mass is 35.5. The fourth-order valence-corrected chi connectivity index (χ4v) is 3.18. The predicted octanol–water partition coefficient (Wildman–Crippen LogP) is 4.38. The molecule has 18 heavy (non-hydrogen) atoms. The van der Waals surface area contributed by atoms with E-state index in [0.29, 0.717) is 22.2 Å². The minimum Gasteiger partial charge on any atom is -0.473 e. The summed E-state index contributed by atoms with van der Waals surface area (Å²) in [5.41, 5.74) is 0.297. The Labute approximate surface area is 118 Å². The van der Waals surface area contributed by atoms with Gasteiger partial charge in [-0.05, 0) is 42.2 Å². The summed E-state index contributed by atoms with van der Waals surface area (Å²) in [5.74, 6) is 1.04. The molecule has 1 heterocycles. The molecule has 0 radical (unpaired) electrons. The van der Waals surface area contributed by atoms with Gasteiger partial charge in [0.05, 0.1) is 6.20 Å². The molecule has 0 aliphatic heterocycles. The standard InChI is InChI=1S/C13H18Cl2N2O/c1-8-4-9(6-13(2,3)5-8)18-11-10(14)7-16-12(15)17-11/h7-9H,4-6H2,1-3H3. The predicted molar refractivity (Wildman–Crippen MR) is 73.3 cm³/mol. The highest BCUT2D eigenvalue weighted by Gasteiger charge is 2.33. The Hall–Kier alpha value is -0.540. The Balaban J connectivity index is 2.11. The van der Waals surface area contributed by atoms with E-state index in [-0.39, 0.29) is 11.4 Å². The Morgan fingerprint density at radius 3 is 2.72 bits per heavy atom. The van der Waals surface area contributed by atoms with Crippen molar-refractivity contribution in [1.29, 1.82) is 0 Å². The molecule has 1 aliphatic carbocycles. The number of hydrogen-bond donors (Lipinski definition) is 0. The summed E-state index contributed by atoms with van der Waals surface area (Å²) in [6.45, 7) is 6.80. The number of ether oxygens (including phenoxy) is 1. The van der Waals surface area contributed by atoms with E-state index in [9.17, 15) is 0 Å². The Morgan fingerprint density at radius 2 is 2.06 bits per heavy atom. The molecular weight excluding hydrogens is 271 g/mol. The van der Waals surface area contributed by atoms with Gasteiger partial charge in [-0.15, -0.1) is 0 Å². The molecule has 2 atom stereocenters. The van der Waals surface area contributed by atoms with Crippen molar-refractivity contribution < 1.29 is 4.74 Å². The number of aromatic nitrogens is 2. The van der Waals surface area contributed by atoms with Gasteiger partial charge in [0.1, 0.15) is 11.1 Å². The van der Waals surface area contributed by atoms with Crippen molar-refractivity contribution in [3.05, 3.63) is 16.5 Å². The molecule has 0 saturated heterocycles. The topological polar surface area (TPSA) is 35.0 Å². The van der Waals surface area contributed by atoms with Gasteiger partial charge in [-0.2, -0.15) is 4.98 Å². The second kappa shape index (κ2) is 5.22. The summed E-state index contributed by atoms with van der Waals surface area (Å²) in [4.78, 5) is 7.86. The van der Waals surface area contributed by atoms with Gasteiger partial charge in [0.15, 0.2) is 0 Å². The highest BCUT2D eigenvalue weighted by Crippen LogP contribution is 2.40. The minimum atomic E-state index is 0.146. The average Bonchev–Trinajstić information content (AvgIpc) is 2.20. The lowest BCUT2D eigenvalue weighted by Gasteiger charge is -2.38. The van der Waals surface area contributed by atoms with Gasteiger partial charge >= 0.3 is 0 Å². The quantitative estimate of drug-likeness (QED) is 0.758. The van der Waals surface area contributed by atoms with Gasteiger partial charge in [0.25, 0.3) is 0 Å². The first-order chi connectivity index (χ1) is 8.35. The first kappa shape index (κ1) is 13.9. The molecule has 0 aromatic carbocycles. The van der Waals surface area contributed by atoms with Gasteiger partial charge in [0, 0.05) is 0 Å². The van der Waals surface area contributed by atoms with E-state index in [2.05, 4.69) is 30.7 Å². The van der Waals surface area contributed by atoms with Crippen LogP contribution in [0.4, 0.5) is 0 Å². The van der Waals surface area contributed by atoms with E-state index in [1.165, 1.54) is 12.6 Å². The van der Waals surface area contributed by atoms with Crippen LogP contribution in [0.3, 0.4) is 0 Å². The van der Waals surface area contributed by atoms with Crippen LogP contribution in [-0.4, -0.2) is 16.1 Å². The van der Waals surface area contributed by atoms with Crippen molar-refractivity contribution in [2.45, 2.75) is 46.1 Å². The Bertz CT molecular complexity index is 437. The fraction of sp³-hybridized carbons (Fsp3) is 0.692. The van der Waals surface area contributed by atoms with Crippen molar-refractivity contribution in [3.63, 3.8) is 0 Å². The summed E-state index contributed by atoms with van der Waals surface area (Å²) in [6.07, 6.45) is 4.89. The van der Waals surface area contributed by atoms with E-state index < -0.39 is 0 Å². The van der Waals surface area contributed by atoms with Crippen LogP contribution in [0.15, 0.2) is 6.20 Å². The lowest BCUT2D eigenvalue weighted by molar-refractivity contribution is 0.0532. The van der Waals surface area contributed by atoms with Crippen LogP contribution < -0.4 is 4.74 Å². The maximum Gasteiger partial charge on any atom is 0.237 e. The molecule has 2 rings (SSSR count). The van der Waals surface area contributed by atoms with Crippen LogP contribution in [0, 0.1) is 11.3 Å². The maximum absolute atomic E-state index is 6.01. The first-order valence-corrected chi connectivity index (χ1v) is 6.96. The van der Waals surface area contributed by atoms with Gasteiger partial charge in [-0.25, -0.2) is 4.98 Å². The van der Waals surface area contributed by atoms with Crippen molar-refractivity contribution in [1.82, 2.24) is 9.97 Å². The molecule has 1 fully saturated rings. The number of hydrogen-bond acceptors (Lipinski definition) is 3.